The van der Waals surface area contributed by atoms with E-state index in [2.05, 4.69) is 67.9 Å². The Bertz CT molecular complexity index is 735. The summed E-state index contributed by atoms with van der Waals surface area (Å²) in [6, 6.07) is 0. The van der Waals surface area contributed by atoms with Gasteiger partial charge < -0.3 is 0 Å². The van der Waals surface area contributed by atoms with Crippen LogP contribution in [0, 0.1) is 23.7 Å². The van der Waals surface area contributed by atoms with E-state index >= 15 is 0 Å². The minimum absolute atomic E-state index is 0.337. The molecule has 34 heavy (non-hydrogen) atoms. The van der Waals surface area contributed by atoms with E-state index in [-0.39, 0.29) is 0 Å². The van der Waals surface area contributed by atoms with Crippen LogP contribution >= 0.6 is 0 Å². The topological polar surface area (TPSA) is 17.1 Å². The van der Waals surface area contributed by atoms with E-state index in [4.69, 9.17) is 0 Å². The van der Waals surface area contributed by atoms with Crippen molar-refractivity contribution in [2.24, 2.45) is 23.7 Å². The first-order chi connectivity index (χ1) is 16.1. The van der Waals surface area contributed by atoms with Crippen LogP contribution in [0.4, 0.5) is 0 Å². The van der Waals surface area contributed by atoms with Crippen LogP contribution in [0.3, 0.4) is 0 Å². The van der Waals surface area contributed by atoms with Gasteiger partial charge in [0.1, 0.15) is 5.94 Å². The Labute approximate surface area is 213 Å². The molecule has 1 aliphatic carbocycles. The SMILES string of the molecule is C=C(C)CCC.C=C/C(C)=C(\C=C)CC(C)CCC(C)/C(=C\C=C=O)C(C)C(=C)C1CC1.CC. The van der Waals surface area contributed by atoms with Gasteiger partial charge in [-0.3, -0.25) is 0 Å². The summed E-state index contributed by atoms with van der Waals surface area (Å²) in [7, 11) is 0. The average molecular weight is 467 g/mol. The third-order valence-corrected chi connectivity index (χ3v) is 6.47. The lowest BCUT2D eigenvalue weighted by Crippen LogP contribution is -2.13. The van der Waals surface area contributed by atoms with Gasteiger partial charge >= 0.3 is 0 Å². The second-order valence-electron chi connectivity index (χ2n) is 9.63. The summed E-state index contributed by atoms with van der Waals surface area (Å²) in [6.45, 7) is 33.0. The van der Waals surface area contributed by atoms with E-state index in [9.17, 15) is 4.79 Å². The molecule has 0 aromatic carbocycles. The molecule has 0 aliphatic heterocycles. The summed E-state index contributed by atoms with van der Waals surface area (Å²) in [5, 5.41) is 0. The van der Waals surface area contributed by atoms with Crippen molar-refractivity contribution in [1.82, 2.24) is 0 Å². The molecule has 0 saturated heterocycles. The lowest BCUT2D eigenvalue weighted by atomic mass is 9.80. The van der Waals surface area contributed by atoms with Gasteiger partial charge in [-0.1, -0.05) is 103 Å². The Kier molecular flexibility index (Phi) is 20.3. The Morgan fingerprint density at radius 3 is 2.00 bits per heavy atom. The lowest BCUT2D eigenvalue weighted by Gasteiger charge is -2.25. The fraction of sp³-hybridized carbons (Fsp3) is 0.576. The Balaban J connectivity index is 0. The molecular weight excluding hydrogens is 412 g/mol. The number of rotatable bonds is 14. The first-order valence-electron chi connectivity index (χ1n) is 13.3. The second-order valence-corrected chi connectivity index (χ2v) is 9.63. The van der Waals surface area contributed by atoms with Gasteiger partial charge in [-0.25, -0.2) is 4.79 Å². The number of allylic oxidation sites excluding steroid dienone is 9. The molecule has 1 rings (SSSR count). The fourth-order valence-corrected chi connectivity index (χ4v) is 4.03. The van der Waals surface area contributed by atoms with Crippen LogP contribution in [0.15, 0.2) is 78.5 Å². The van der Waals surface area contributed by atoms with E-state index in [1.54, 1.807) is 0 Å². The molecule has 1 fully saturated rings. The summed E-state index contributed by atoms with van der Waals surface area (Å²) in [5.74, 6) is 3.94. The molecule has 0 amide bonds. The molecule has 0 aromatic heterocycles. The highest BCUT2D eigenvalue weighted by molar-refractivity contribution is 5.50. The number of hydrogen-bond donors (Lipinski definition) is 0. The molecule has 1 aliphatic rings. The van der Waals surface area contributed by atoms with Gasteiger partial charge in [-0.2, -0.15) is 0 Å². The van der Waals surface area contributed by atoms with Gasteiger partial charge in [0.25, 0.3) is 0 Å². The van der Waals surface area contributed by atoms with Crippen LogP contribution in [-0.2, 0) is 4.79 Å². The largest absolute Gasteiger partial charge is 0.234 e. The van der Waals surface area contributed by atoms with Crippen molar-refractivity contribution >= 4 is 5.94 Å². The molecule has 0 spiro atoms. The molecule has 0 bridgehead atoms. The first-order valence-corrected chi connectivity index (χ1v) is 13.3. The third kappa shape index (κ3) is 14.9. The summed E-state index contributed by atoms with van der Waals surface area (Å²) in [5.41, 5.74) is 6.44. The highest BCUT2D eigenvalue weighted by Gasteiger charge is 2.30. The molecule has 1 nitrogen and oxygen atoms in total. The van der Waals surface area contributed by atoms with Crippen LogP contribution in [0.5, 0.6) is 0 Å². The predicted octanol–water partition coefficient (Wildman–Crippen LogP) is 10.4. The molecule has 0 radical (unpaired) electrons. The highest BCUT2D eigenvalue weighted by Crippen LogP contribution is 2.43. The van der Waals surface area contributed by atoms with E-state index in [0.29, 0.717) is 23.7 Å². The van der Waals surface area contributed by atoms with Gasteiger partial charge in [0, 0.05) is 6.08 Å². The smallest absolute Gasteiger partial charge is 0.124 e. The third-order valence-electron chi connectivity index (χ3n) is 6.47. The van der Waals surface area contributed by atoms with E-state index in [1.165, 1.54) is 59.6 Å². The Hall–Kier alpha value is -2.11. The fourth-order valence-electron chi connectivity index (χ4n) is 4.03. The maximum atomic E-state index is 10.7. The van der Waals surface area contributed by atoms with Crippen molar-refractivity contribution in [3.63, 3.8) is 0 Å². The van der Waals surface area contributed by atoms with E-state index < -0.39 is 0 Å². The van der Waals surface area contributed by atoms with Crippen molar-refractivity contribution in [1.29, 1.82) is 0 Å². The van der Waals surface area contributed by atoms with Crippen molar-refractivity contribution in [3.05, 3.63) is 78.5 Å². The highest BCUT2D eigenvalue weighted by atomic mass is 16.1. The standard InChI is InChI=1S/C25H36O.C6H12.C2H6/c1-8-19(4)23(9-2)17-18(3)12-13-20(5)25(11-10-16-26)22(7)21(6)24-14-15-24;1-4-5-6(2)3;1-2/h8-11,18,20,22,24H,1-2,6,12-15,17H2,3-5,7H3;2,4-5H2,1,3H3;1-2H3/b23-19+,25-11+;;. The Morgan fingerprint density at radius 1 is 1.03 bits per heavy atom. The van der Waals surface area contributed by atoms with Crippen molar-refractivity contribution < 1.29 is 4.79 Å². The summed E-state index contributed by atoms with van der Waals surface area (Å²) >= 11 is 0. The molecule has 192 valence electrons. The van der Waals surface area contributed by atoms with Crippen LogP contribution < -0.4 is 0 Å². The molecule has 3 unspecified atom stereocenters. The van der Waals surface area contributed by atoms with Gasteiger partial charge in [-0.15, -0.1) is 6.58 Å². The van der Waals surface area contributed by atoms with Crippen molar-refractivity contribution in [2.75, 3.05) is 0 Å². The molecule has 0 aromatic rings. The Morgan fingerprint density at radius 2 is 1.62 bits per heavy atom. The normalized spacial score (nSPS) is 16.1. The summed E-state index contributed by atoms with van der Waals surface area (Å²) in [4.78, 5) is 10.7. The molecule has 1 saturated carbocycles. The zero-order valence-corrected chi connectivity index (χ0v) is 23.8. The monoisotopic (exact) mass is 466 g/mol. The quantitative estimate of drug-likeness (QED) is 0.141. The molecule has 0 heterocycles. The van der Waals surface area contributed by atoms with E-state index in [1.807, 2.05) is 38.0 Å². The average Bonchev–Trinajstić information content (AvgIpc) is 3.67. The van der Waals surface area contributed by atoms with Crippen LogP contribution in [0.25, 0.3) is 0 Å². The minimum Gasteiger partial charge on any atom is -0.234 e. The summed E-state index contributed by atoms with van der Waals surface area (Å²) < 4.78 is 0. The van der Waals surface area contributed by atoms with Gasteiger partial charge in [0.15, 0.2) is 0 Å². The van der Waals surface area contributed by atoms with E-state index in [0.717, 1.165) is 19.3 Å². The second kappa shape index (κ2) is 20.3. The van der Waals surface area contributed by atoms with Crippen LogP contribution in [-0.4, -0.2) is 5.94 Å². The zero-order chi connectivity index (χ0) is 26.7. The van der Waals surface area contributed by atoms with Gasteiger partial charge in [-0.05, 0) is 87.2 Å². The zero-order valence-electron chi connectivity index (χ0n) is 23.8. The molecular formula is C33H54O. The molecule has 0 N–H and O–H groups in total. The summed E-state index contributed by atoms with van der Waals surface area (Å²) in [6.07, 6.45) is 15.6. The maximum Gasteiger partial charge on any atom is 0.124 e. The predicted molar refractivity (Wildman–Crippen MR) is 156 cm³/mol. The van der Waals surface area contributed by atoms with Crippen LogP contribution in [0.2, 0.25) is 0 Å². The minimum atomic E-state index is 0.337. The van der Waals surface area contributed by atoms with Gasteiger partial charge in [0.05, 0.1) is 0 Å². The maximum absolute atomic E-state index is 10.7. The number of carbonyl (C=O) groups excluding carboxylic acids is 1. The molecule has 1 heteroatoms. The van der Waals surface area contributed by atoms with Crippen molar-refractivity contribution in [2.45, 2.75) is 100 Å². The van der Waals surface area contributed by atoms with Crippen LogP contribution in [0.1, 0.15) is 100 Å². The lowest BCUT2D eigenvalue weighted by molar-refractivity contribution is 0.443. The molecule has 3 atom stereocenters. The first kappa shape index (κ1) is 34.1. The number of hydrogen-bond acceptors (Lipinski definition) is 1. The van der Waals surface area contributed by atoms with Crippen molar-refractivity contribution in [3.8, 4) is 0 Å². The van der Waals surface area contributed by atoms with Gasteiger partial charge in [0.2, 0.25) is 0 Å².